The second-order valence-electron chi connectivity index (χ2n) is 5.43. The molecule has 0 fully saturated rings. The van der Waals surface area contributed by atoms with Crippen molar-refractivity contribution < 1.29 is 0 Å². The Hall–Kier alpha value is -1.27. The summed E-state index contributed by atoms with van der Waals surface area (Å²) >= 11 is 6.42. The molecule has 1 aromatic carbocycles. The van der Waals surface area contributed by atoms with Gasteiger partial charge in [-0.1, -0.05) is 71.8 Å². The lowest BCUT2D eigenvalue weighted by Crippen LogP contribution is -2.12. The van der Waals surface area contributed by atoms with Gasteiger partial charge in [0.2, 0.25) is 0 Å². The Labute approximate surface area is 121 Å². The number of allylic oxidation sites excluding steroid dienone is 4. The third-order valence-electron chi connectivity index (χ3n) is 3.87. The van der Waals surface area contributed by atoms with E-state index in [0.717, 1.165) is 17.0 Å². The lowest BCUT2D eigenvalue weighted by atomic mass is 9.80. The zero-order valence-electron chi connectivity index (χ0n) is 11.7. The summed E-state index contributed by atoms with van der Waals surface area (Å²) in [5.74, 6) is 1.00. The summed E-state index contributed by atoms with van der Waals surface area (Å²) in [7, 11) is 0. The van der Waals surface area contributed by atoms with Crippen molar-refractivity contribution in [1.82, 2.24) is 0 Å². The first kappa shape index (κ1) is 14.1. The van der Waals surface area contributed by atoms with Crippen LogP contribution in [0.2, 0.25) is 0 Å². The highest BCUT2D eigenvalue weighted by molar-refractivity contribution is 6.48. The molecule has 1 aliphatic rings. The fraction of sp³-hybridized carbons (Fsp3) is 0.333. The van der Waals surface area contributed by atoms with Crippen LogP contribution in [0, 0.1) is 11.8 Å². The van der Waals surface area contributed by atoms with Crippen molar-refractivity contribution in [3.63, 3.8) is 0 Å². The molecule has 1 heteroatoms. The smallest absolute Gasteiger partial charge is 0.0444 e. The maximum atomic E-state index is 6.42. The van der Waals surface area contributed by atoms with Crippen LogP contribution in [0.4, 0.5) is 0 Å². The molecule has 1 unspecified atom stereocenters. The van der Waals surface area contributed by atoms with Gasteiger partial charge in [0, 0.05) is 5.03 Å². The summed E-state index contributed by atoms with van der Waals surface area (Å²) in [5.41, 5.74) is 3.77. The molecule has 2 rings (SSSR count). The number of halogens is 1. The monoisotopic (exact) mass is 272 g/mol. The molecule has 0 saturated carbocycles. The van der Waals surface area contributed by atoms with E-state index in [1.54, 1.807) is 0 Å². The Bertz CT molecular complexity index is 508. The SMILES string of the molecule is C=C(C)[C@@H]1C=C(C)C(/C=C(/Cl)c2ccccc2)CC1. The predicted octanol–water partition coefficient (Wildman–Crippen LogP) is 5.81. The Morgan fingerprint density at radius 1 is 1.26 bits per heavy atom. The van der Waals surface area contributed by atoms with Gasteiger partial charge in [0.15, 0.2) is 0 Å². The van der Waals surface area contributed by atoms with E-state index in [2.05, 4.69) is 44.7 Å². The molecule has 0 radical (unpaired) electrons. The van der Waals surface area contributed by atoms with Crippen molar-refractivity contribution in [2.45, 2.75) is 26.7 Å². The van der Waals surface area contributed by atoms with Gasteiger partial charge in [0.05, 0.1) is 0 Å². The lowest BCUT2D eigenvalue weighted by Gasteiger charge is -2.25. The van der Waals surface area contributed by atoms with Crippen molar-refractivity contribution in [2.75, 3.05) is 0 Å². The van der Waals surface area contributed by atoms with E-state index in [-0.39, 0.29) is 0 Å². The van der Waals surface area contributed by atoms with E-state index >= 15 is 0 Å². The summed E-state index contributed by atoms with van der Waals surface area (Å²) in [6, 6.07) is 10.2. The molecular formula is C18H21Cl. The van der Waals surface area contributed by atoms with Crippen LogP contribution in [0.25, 0.3) is 5.03 Å². The minimum absolute atomic E-state index is 0.461. The molecule has 0 aliphatic heterocycles. The molecule has 0 aromatic heterocycles. The Kier molecular flexibility index (Phi) is 4.66. The quantitative estimate of drug-likeness (QED) is 0.609. The highest BCUT2D eigenvalue weighted by Crippen LogP contribution is 2.34. The Morgan fingerprint density at radius 2 is 1.95 bits per heavy atom. The standard InChI is InChI=1S/C18H21Cl/c1-13(2)16-9-10-17(14(3)11-16)12-18(19)15-7-5-4-6-8-15/h4-8,11-12,16-17H,1,9-10H2,2-3H3/b18-12+/t16-,17?/m0/s1. The topological polar surface area (TPSA) is 0 Å². The van der Waals surface area contributed by atoms with Crippen molar-refractivity contribution in [1.29, 1.82) is 0 Å². The maximum Gasteiger partial charge on any atom is 0.0444 e. The van der Waals surface area contributed by atoms with Crippen LogP contribution in [0.15, 0.2) is 60.2 Å². The third kappa shape index (κ3) is 3.61. The van der Waals surface area contributed by atoms with Crippen LogP contribution in [0.3, 0.4) is 0 Å². The molecule has 2 atom stereocenters. The molecule has 0 amide bonds. The van der Waals surface area contributed by atoms with Gasteiger partial charge in [-0.05, 0) is 44.1 Å². The summed E-state index contributed by atoms with van der Waals surface area (Å²) < 4.78 is 0. The highest BCUT2D eigenvalue weighted by atomic mass is 35.5. The van der Waals surface area contributed by atoms with Gasteiger partial charge in [-0.3, -0.25) is 0 Å². The van der Waals surface area contributed by atoms with Gasteiger partial charge in [0.1, 0.15) is 0 Å². The first-order valence-corrected chi connectivity index (χ1v) is 7.22. The fourth-order valence-corrected chi connectivity index (χ4v) is 2.86. The normalized spacial score (nSPS) is 23.9. The van der Waals surface area contributed by atoms with Crippen LogP contribution in [0.5, 0.6) is 0 Å². The van der Waals surface area contributed by atoms with E-state index < -0.39 is 0 Å². The molecule has 1 aliphatic carbocycles. The van der Waals surface area contributed by atoms with E-state index in [4.69, 9.17) is 11.6 Å². The molecule has 0 spiro atoms. The average molecular weight is 273 g/mol. The number of benzene rings is 1. The molecule has 1 aromatic rings. The Balaban J connectivity index is 2.16. The van der Waals surface area contributed by atoms with Gasteiger partial charge in [0.25, 0.3) is 0 Å². The fourth-order valence-electron chi connectivity index (χ4n) is 2.58. The minimum Gasteiger partial charge on any atom is -0.0995 e. The highest BCUT2D eigenvalue weighted by Gasteiger charge is 2.19. The second-order valence-corrected chi connectivity index (χ2v) is 5.84. The van der Waals surface area contributed by atoms with Crippen LogP contribution < -0.4 is 0 Å². The molecule has 0 nitrogen and oxygen atoms in total. The van der Waals surface area contributed by atoms with E-state index in [0.29, 0.717) is 11.8 Å². The molecule has 19 heavy (non-hydrogen) atoms. The zero-order chi connectivity index (χ0) is 13.8. The van der Waals surface area contributed by atoms with Gasteiger partial charge in [-0.15, -0.1) is 0 Å². The maximum absolute atomic E-state index is 6.42. The zero-order valence-corrected chi connectivity index (χ0v) is 12.5. The third-order valence-corrected chi connectivity index (χ3v) is 4.21. The number of rotatable bonds is 3. The first-order valence-electron chi connectivity index (χ1n) is 6.84. The summed E-state index contributed by atoms with van der Waals surface area (Å²) in [6.45, 7) is 8.37. The molecular weight excluding hydrogens is 252 g/mol. The van der Waals surface area contributed by atoms with E-state index in [1.807, 2.05) is 18.2 Å². The van der Waals surface area contributed by atoms with Crippen molar-refractivity contribution >= 4 is 16.6 Å². The number of hydrogen-bond acceptors (Lipinski definition) is 0. The largest absolute Gasteiger partial charge is 0.0995 e. The lowest BCUT2D eigenvalue weighted by molar-refractivity contribution is 0.524. The summed E-state index contributed by atoms with van der Waals surface area (Å²) in [5, 5.41) is 0.854. The molecule has 100 valence electrons. The minimum atomic E-state index is 0.461. The van der Waals surface area contributed by atoms with Gasteiger partial charge >= 0.3 is 0 Å². The van der Waals surface area contributed by atoms with E-state index in [1.165, 1.54) is 17.6 Å². The van der Waals surface area contributed by atoms with Crippen LogP contribution >= 0.6 is 11.6 Å². The molecule has 0 saturated heterocycles. The van der Waals surface area contributed by atoms with Crippen LogP contribution in [-0.4, -0.2) is 0 Å². The van der Waals surface area contributed by atoms with E-state index in [9.17, 15) is 0 Å². The van der Waals surface area contributed by atoms with Crippen molar-refractivity contribution in [3.8, 4) is 0 Å². The summed E-state index contributed by atoms with van der Waals surface area (Å²) in [4.78, 5) is 0. The molecule has 0 heterocycles. The summed E-state index contributed by atoms with van der Waals surface area (Å²) in [6.07, 6.45) is 6.87. The average Bonchev–Trinajstić information content (AvgIpc) is 2.41. The van der Waals surface area contributed by atoms with Gasteiger partial charge in [-0.2, -0.15) is 0 Å². The Morgan fingerprint density at radius 3 is 2.53 bits per heavy atom. The van der Waals surface area contributed by atoms with Crippen molar-refractivity contribution in [2.24, 2.45) is 11.8 Å². The van der Waals surface area contributed by atoms with Gasteiger partial charge < -0.3 is 0 Å². The molecule has 0 N–H and O–H groups in total. The predicted molar refractivity (Wildman–Crippen MR) is 85.1 cm³/mol. The first-order chi connectivity index (χ1) is 9.08. The van der Waals surface area contributed by atoms with Crippen LogP contribution in [0.1, 0.15) is 32.3 Å². The molecule has 0 bridgehead atoms. The van der Waals surface area contributed by atoms with Gasteiger partial charge in [-0.25, -0.2) is 0 Å². The second kappa shape index (κ2) is 6.25. The van der Waals surface area contributed by atoms with Crippen molar-refractivity contribution in [3.05, 3.63) is 65.8 Å². The number of hydrogen-bond donors (Lipinski definition) is 0. The van der Waals surface area contributed by atoms with Crippen LogP contribution in [-0.2, 0) is 0 Å².